The third-order valence-electron chi connectivity index (χ3n) is 2.47. The Labute approximate surface area is 114 Å². The molecule has 17 heavy (non-hydrogen) atoms. The molecule has 0 aromatic heterocycles. The van der Waals surface area contributed by atoms with Gasteiger partial charge in [0.1, 0.15) is 0 Å². The number of benzene rings is 1. The summed E-state index contributed by atoms with van der Waals surface area (Å²) in [5.74, 6) is -0.718. The van der Waals surface area contributed by atoms with Crippen LogP contribution in [0, 0.1) is 0 Å². The highest BCUT2D eigenvalue weighted by Gasteiger charge is 2.19. The predicted molar refractivity (Wildman–Crippen MR) is 70.7 cm³/mol. The molecule has 0 heterocycles. The molecule has 1 aromatic carbocycles. The summed E-state index contributed by atoms with van der Waals surface area (Å²) >= 11 is 8.98. The van der Waals surface area contributed by atoms with E-state index in [1.807, 2.05) is 6.07 Å². The molecule has 0 saturated carbocycles. The van der Waals surface area contributed by atoms with Crippen LogP contribution in [0.4, 0.5) is 0 Å². The van der Waals surface area contributed by atoms with Gasteiger partial charge in [0.25, 0.3) is 0 Å². The fourth-order valence-electron chi connectivity index (χ4n) is 1.62. The van der Waals surface area contributed by atoms with Crippen molar-refractivity contribution >= 4 is 33.5 Å². The van der Waals surface area contributed by atoms with Crippen molar-refractivity contribution in [2.45, 2.75) is 24.3 Å². The summed E-state index contributed by atoms with van der Waals surface area (Å²) in [6, 6.07) is 5.38. The van der Waals surface area contributed by atoms with Gasteiger partial charge in [0.2, 0.25) is 0 Å². The zero-order valence-corrected chi connectivity index (χ0v) is 11.5. The molecular weight excluding hydrogens is 307 g/mol. The first kappa shape index (κ1) is 14.5. The first-order valence-corrected chi connectivity index (χ1v) is 6.90. The number of rotatable bonds is 6. The van der Waals surface area contributed by atoms with E-state index in [1.165, 1.54) is 0 Å². The van der Waals surface area contributed by atoms with Crippen molar-refractivity contribution < 1.29 is 15.0 Å². The van der Waals surface area contributed by atoms with Crippen LogP contribution in [0.25, 0.3) is 0 Å². The van der Waals surface area contributed by atoms with E-state index in [-0.39, 0.29) is 0 Å². The van der Waals surface area contributed by atoms with Gasteiger partial charge in [-0.1, -0.05) is 34.1 Å². The third kappa shape index (κ3) is 3.98. The van der Waals surface area contributed by atoms with Crippen LogP contribution in [0.2, 0.25) is 0 Å². The molecule has 3 nitrogen and oxygen atoms in total. The van der Waals surface area contributed by atoms with Gasteiger partial charge in [0.15, 0.2) is 6.10 Å². The summed E-state index contributed by atoms with van der Waals surface area (Å²) in [5, 5.41) is 19.1. The molecule has 2 N–H and O–H groups in total. The monoisotopic (exact) mass is 320 g/mol. The van der Waals surface area contributed by atoms with E-state index in [0.717, 1.165) is 17.5 Å². The highest BCUT2D eigenvalue weighted by molar-refractivity contribution is 9.08. The van der Waals surface area contributed by atoms with E-state index in [0.29, 0.717) is 23.2 Å². The number of aryl methyl sites for hydroxylation is 1. The van der Waals surface area contributed by atoms with Crippen molar-refractivity contribution in [1.82, 2.24) is 0 Å². The number of aliphatic hydroxyl groups excluding tert-OH is 1. The largest absolute Gasteiger partial charge is 0.479 e. The van der Waals surface area contributed by atoms with E-state index < -0.39 is 12.1 Å². The Morgan fingerprint density at radius 2 is 2.18 bits per heavy atom. The third-order valence-corrected chi connectivity index (χ3v) is 3.38. The van der Waals surface area contributed by atoms with Crippen LogP contribution in [0.3, 0.4) is 0 Å². The van der Waals surface area contributed by atoms with Crippen molar-refractivity contribution in [1.29, 1.82) is 0 Å². The smallest absolute Gasteiger partial charge is 0.337 e. The molecule has 5 heteroatoms. The number of halogens is 2. The molecule has 0 saturated heterocycles. The minimum absolute atomic E-state index is 0.451. The van der Waals surface area contributed by atoms with Crippen molar-refractivity contribution in [2.75, 3.05) is 5.88 Å². The van der Waals surface area contributed by atoms with Crippen LogP contribution in [-0.4, -0.2) is 22.1 Å². The minimum atomic E-state index is -1.47. The fraction of sp³-hybridized carbons (Fsp3) is 0.417. The summed E-state index contributed by atoms with van der Waals surface area (Å²) in [4.78, 5) is 10.8. The summed E-state index contributed by atoms with van der Waals surface area (Å²) in [5.41, 5.74) is 2.35. The summed E-state index contributed by atoms with van der Waals surface area (Å²) < 4.78 is 0. The molecular formula is C12H14BrClO3. The molecule has 0 bridgehead atoms. The normalized spacial score (nSPS) is 12.4. The van der Waals surface area contributed by atoms with E-state index in [9.17, 15) is 9.90 Å². The number of aliphatic hydroxyl groups is 1. The molecule has 1 aromatic rings. The first-order valence-electron chi connectivity index (χ1n) is 5.24. The van der Waals surface area contributed by atoms with Crippen molar-refractivity contribution in [3.05, 3.63) is 34.9 Å². The zero-order chi connectivity index (χ0) is 12.8. The van der Waals surface area contributed by atoms with Gasteiger partial charge in [-0.2, -0.15) is 0 Å². The maximum absolute atomic E-state index is 10.8. The predicted octanol–water partition coefficient (Wildman–Crippen LogP) is 2.87. The second-order valence-electron chi connectivity index (χ2n) is 3.70. The van der Waals surface area contributed by atoms with Gasteiger partial charge >= 0.3 is 5.97 Å². The van der Waals surface area contributed by atoms with Crippen LogP contribution in [0.1, 0.15) is 29.2 Å². The molecule has 0 aliphatic heterocycles. The van der Waals surface area contributed by atoms with E-state index in [1.54, 1.807) is 12.1 Å². The molecule has 0 spiro atoms. The van der Waals surface area contributed by atoms with Gasteiger partial charge < -0.3 is 10.2 Å². The lowest BCUT2D eigenvalue weighted by Gasteiger charge is -2.13. The summed E-state index contributed by atoms with van der Waals surface area (Å²) in [6.07, 6.45) is -0.0406. The number of alkyl halides is 2. The Bertz CT molecular complexity index is 395. The van der Waals surface area contributed by atoms with Gasteiger partial charge in [0.05, 0.1) is 0 Å². The maximum atomic E-state index is 10.8. The number of carbonyl (C=O) groups is 1. The molecule has 0 radical (unpaired) electrons. The lowest BCUT2D eigenvalue weighted by Crippen LogP contribution is -2.13. The van der Waals surface area contributed by atoms with Gasteiger partial charge in [-0.05, 0) is 29.5 Å². The van der Waals surface area contributed by atoms with Gasteiger partial charge in [-0.25, -0.2) is 4.79 Å². The van der Waals surface area contributed by atoms with Crippen molar-refractivity contribution in [2.24, 2.45) is 0 Å². The van der Waals surface area contributed by atoms with Crippen LogP contribution >= 0.6 is 27.5 Å². The topological polar surface area (TPSA) is 57.5 Å². The maximum Gasteiger partial charge on any atom is 0.337 e. The van der Waals surface area contributed by atoms with Crippen LogP contribution in [-0.2, 0) is 16.5 Å². The van der Waals surface area contributed by atoms with Crippen LogP contribution < -0.4 is 0 Å². The highest BCUT2D eigenvalue weighted by Crippen LogP contribution is 2.22. The number of carboxylic acid groups (broad SMARTS) is 1. The van der Waals surface area contributed by atoms with Crippen molar-refractivity contribution in [3.8, 4) is 0 Å². The summed E-state index contributed by atoms with van der Waals surface area (Å²) in [7, 11) is 0. The second-order valence-corrected chi connectivity index (χ2v) is 4.64. The molecule has 1 rings (SSSR count). The number of aliphatic carboxylic acids is 1. The van der Waals surface area contributed by atoms with E-state index >= 15 is 0 Å². The Hall–Kier alpha value is -0.580. The van der Waals surface area contributed by atoms with Crippen LogP contribution in [0.5, 0.6) is 0 Å². The second kappa shape index (κ2) is 6.99. The summed E-state index contributed by atoms with van der Waals surface area (Å²) in [6.45, 7) is 0. The molecule has 94 valence electrons. The lowest BCUT2D eigenvalue weighted by atomic mass is 9.97. The lowest BCUT2D eigenvalue weighted by molar-refractivity contribution is -0.147. The molecule has 0 aliphatic carbocycles. The van der Waals surface area contributed by atoms with Crippen LogP contribution in [0.15, 0.2) is 18.2 Å². The standard InChI is InChI=1S/C12H14BrClO3/c13-7-8-3-4-10(11(15)12(16)17)9(6-8)2-1-5-14/h3-4,6,11,15H,1-2,5,7H2,(H,16,17). The SMILES string of the molecule is O=C(O)C(O)c1ccc(CBr)cc1CCCCl. The molecule has 1 atom stereocenters. The quantitative estimate of drug-likeness (QED) is 0.792. The van der Waals surface area contributed by atoms with E-state index in [4.69, 9.17) is 16.7 Å². The van der Waals surface area contributed by atoms with Gasteiger partial charge in [0, 0.05) is 11.2 Å². The molecule has 1 unspecified atom stereocenters. The van der Waals surface area contributed by atoms with E-state index in [2.05, 4.69) is 15.9 Å². The average molecular weight is 322 g/mol. The van der Waals surface area contributed by atoms with Crippen molar-refractivity contribution in [3.63, 3.8) is 0 Å². The Kier molecular flexibility index (Phi) is 5.95. The Morgan fingerprint density at radius 1 is 1.47 bits per heavy atom. The molecule has 0 amide bonds. The number of carboxylic acids is 1. The zero-order valence-electron chi connectivity index (χ0n) is 9.20. The highest BCUT2D eigenvalue weighted by atomic mass is 79.9. The molecule has 0 aliphatic rings. The Balaban J connectivity index is 3.05. The minimum Gasteiger partial charge on any atom is -0.479 e. The van der Waals surface area contributed by atoms with Gasteiger partial charge in [-0.3, -0.25) is 0 Å². The average Bonchev–Trinajstić information content (AvgIpc) is 2.34. The Morgan fingerprint density at radius 3 is 2.71 bits per heavy atom. The first-order chi connectivity index (χ1) is 8.10. The fourth-order valence-corrected chi connectivity index (χ4v) is 2.10. The van der Waals surface area contributed by atoms with Gasteiger partial charge in [-0.15, -0.1) is 11.6 Å². The number of hydrogen-bond donors (Lipinski definition) is 2. The number of hydrogen-bond acceptors (Lipinski definition) is 2. The molecule has 0 fully saturated rings.